The number of aromatic nitrogens is 2. The summed E-state index contributed by atoms with van der Waals surface area (Å²) >= 11 is 0. The number of urea groups is 1. The van der Waals surface area contributed by atoms with E-state index < -0.39 is 27.1 Å². The molecule has 5 rings (SSSR count). The maximum atomic E-state index is 14.8. The van der Waals surface area contributed by atoms with Crippen LogP contribution < -0.4 is 15.2 Å². The van der Waals surface area contributed by atoms with Crippen LogP contribution in [-0.4, -0.2) is 31.1 Å². The Kier molecular flexibility index (Phi) is 4.20. The van der Waals surface area contributed by atoms with Crippen LogP contribution in [0.25, 0.3) is 0 Å². The van der Waals surface area contributed by atoms with Crippen molar-refractivity contribution in [2.75, 3.05) is 5.32 Å². The molecule has 1 aromatic carbocycles. The Bertz CT molecular complexity index is 1180. The lowest BCUT2D eigenvalue weighted by atomic mass is 9.98. The van der Waals surface area contributed by atoms with Crippen molar-refractivity contribution in [2.24, 2.45) is 9.50 Å². The van der Waals surface area contributed by atoms with Crippen molar-refractivity contribution in [2.45, 2.75) is 56.7 Å². The molecule has 11 heteroatoms. The number of alkyl halides is 1. The van der Waals surface area contributed by atoms with Crippen molar-refractivity contribution in [1.29, 1.82) is 0 Å². The molecule has 1 unspecified atom stereocenters. The standard InChI is InChI=1S/C19H21F2N5O3S/c1-19(9-26-15(29-19)5-6-23-26)30(22,28)25-18(27)24-17-12-4-2-3-11(12)16(21)13-7-10(20)8-14(13)17/h5-6,10H,2-4,7-9H2,1H3,(H3,22,24,25,27,28)/t10-,19+,30?/m0/s1. The van der Waals surface area contributed by atoms with Crippen LogP contribution in [0.2, 0.25) is 0 Å². The van der Waals surface area contributed by atoms with Gasteiger partial charge in [0.25, 0.3) is 0 Å². The summed E-state index contributed by atoms with van der Waals surface area (Å²) in [6.45, 7) is 1.58. The minimum Gasteiger partial charge on any atom is -0.453 e. The molecule has 0 saturated heterocycles. The Hall–Kier alpha value is -2.53. The molecular weight excluding hydrogens is 416 g/mol. The number of nitrogens with two attached hydrogens (primary N) is 1. The van der Waals surface area contributed by atoms with E-state index in [-0.39, 0.29) is 25.2 Å². The van der Waals surface area contributed by atoms with Crippen molar-refractivity contribution in [3.8, 4) is 5.88 Å². The lowest BCUT2D eigenvalue weighted by Gasteiger charge is -2.23. The molecule has 2 aromatic rings. The quantitative estimate of drug-likeness (QED) is 0.752. The second-order valence-corrected chi connectivity index (χ2v) is 10.3. The molecule has 0 fully saturated rings. The van der Waals surface area contributed by atoms with Crippen molar-refractivity contribution < 1.29 is 22.5 Å². The summed E-state index contributed by atoms with van der Waals surface area (Å²) in [6.07, 6.45) is 2.21. The van der Waals surface area contributed by atoms with Crippen molar-refractivity contribution in [3.05, 3.63) is 40.3 Å². The third kappa shape index (κ3) is 2.83. The van der Waals surface area contributed by atoms with Crippen molar-refractivity contribution in [3.63, 3.8) is 0 Å². The first-order valence-corrected chi connectivity index (χ1v) is 11.3. The zero-order valence-electron chi connectivity index (χ0n) is 16.3. The van der Waals surface area contributed by atoms with Gasteiger partial charge < -0.3 is 10.1 Å². The topological polar surface area (TPSA) is 112 Å². The van der Waals surface area contributed by atoms with Gasteiger partial charge in [0.15, 0.2) is 9.92 Å². The summed E-state index contributed by atoms with van der Waals surface area (Å²) in [5.41, 5.74) is 2.33. The van der Waals surface area contributed by atoms with E-state index in [4.69, 9.17) is 9.88 Å². The van der Waals surface area contributed by atoms with Gasteiger partial charge in [-0.3, -0.25) is 0 Å². The van der Waals surface area contributed by atoms with Gasteiger partial charge in [0.1, 0.15) is 12.0 Å². The van der Waals surface area contributed by atoms with E-state index in [2.05, 4.69) is 14.8 Å². The maximum absolute atomic E-state index is 14.8. The van der Waals surface area contributed by atoms with E-state index in [1.165, 1.54) is 17.8 Å². The molecule has 2 amide bonds. The molecule has 1 aromatic heterocycles. The largest absolute Gasteiger partial charge is 0.453 e. The average Bonchev–Trinajstić information content (AvgIpc) is 3.40. The normalized spacial score (nSPS) is 25.8. The summed E-state index contributed by atoms with van der Waals surface area (Å²) < 4.78 is 52.8. The highest BCUT2D eigenvalue weighted by molar-refractivity contribution is 7.92. The Labute approximate surface area is 172 Å². The van der Waals surface area contributed by atoms with Crippen LogP contribution in [0.1, 0.15) is 35.6 Å². The van der Waals surface area contributed by atoms with Gasteiger partial charge >= 0.3 is 6.03 Å². The molecule has 2 heterocycles. The molecule has 2 aliphatic carbocycles. The third-order valence-electron chi connectivity index (χ3n) is 6.07. The molecule has 8 nitrogen and oxygen atoms in total. The van der Waals surface area contributed by atoms with Crippen LogP contribution in [0.4, 0.5) is 19.3 Å². The highest BCUT2D eigenvalue weighted by atomic mass is 32.2. The van der Waals surface area contributed by atoms with Gasteiger partial charge in [0.2, 0.25) is 10.8 Å². The molecule has 1 aliphatic heterocycles. The fourth-order valence-corrected chi connectivity index (χ4v) is 5.56. The van der Waals surface area contributed by atoms with Gasteiger partial charge in [-0.05, 0) is 48.4 Å². The van der Waals surface area contributed by atoms with Gasteiger partial charge in [-0.1, -0.05) is 0 Å². The molecular formula is C19H21F2N5O3S. The Balaban J connectivity index is 1.48. The first kappa shape index (κ1) is 19.4. The number of benzene rings is 1. The molecule has 0 saturated carbocycles. The first-order chi connectivity index (χ1) is 14.2. The zero-order valence-corrected chi connectivity index (χ0v) is 17.1. The van der Waals surface area contributed by atoms with Crippen LogP contribution in [0.5, 0.6) is 5.88 Å². The van der Waals surface area contributed by atoms with Crippen LogP contribution in [0, 0.1) is 5.82 Å². The molecule has 0 spiro atoms. The summed E-state index contributed by atoms with van der Waals surface area (Å²) in [5, 5.41) is 12.6. The van der Waals surface area contributed by atoms with Crippen molar-refractivity contribution in [1.82, 2.24) is 9.78 Å². The molecule has 3 atom stereocenters. The number of fused-ring (bicyclic) bond motifs is 3. The molecule has 30 heavy (non-hydrogen) atoms. The minimum absolute atomic E-state index is 0.0144. The van der Waals surface area contributed by atoms with Crippen LogP contribution in [-0.2, 0) is 42.1 Å². The van der Waals surface area contributed by atoms with E-state index in [9.17, 15) is 17.8 Å². The van der Waals surface area contributed by atoms with Crippen LogP contribution >= 0.6 is 0 Å². The van der Waals surface area contributed by atoms with E-state index >= 15 is 0 Å². The third-order valence-corrected chi connectivity index (χ3v) is 7.96. The number of nitrogens with one attached hydrogen (secondary N) is 1. The number of hydrogen-bond acceptors (Lipinski definition) is 4. The number of carbonyl (C=O) groups is 1. The summed E-state index contributed by atoms with van der Waals surface area (Å²) in [7, 11) is -3.63. The number of anilines is 1. The number of amides is 2. The minimum atomic E-state index is -3.63. The van der Waals surface area contributed by atoms with E-state index in [0.29, 0.717) is 46.7 Å². The Morgan fingerprint density at radius 2 is 2.10 bits per heavy atom. The van der Waals surface area contributed by atoms with E-state index in [1.807, 2.05) is 0 Å². The summed E-state index contributed by atoms with van der Waals surface area (Å²) in [5.74, 6) is 0.0194. The van der Waals surface area contributed by atoms with Gasteiger partial charge in [-0.25, -0.2) is 27.6 Å². The van der Waals surface area contributed by atoms with Crippen LogP contribution in [0.15, 0.2) is 16.6 Å². The summed E-state index contributed by atoms with van der Waals surface area (Å²) in [4.78, 5) is 11.3. The Morgan fingerprint density at radius 3 is 2.87 bits per heavy atom. The molecule has 3 aliphatic rings. The Morgan fingerprint density at radius 1 is 1.37 bits per heavy atom. The molecule has 0 bridgehead atoms. The zero-order chi connectivity index (χ0) is 21.3. The average molecular weight is 437 g/mol. The highest BCUT2D eigenvalue weighted by Crippen LogP contribution is 2.42. The molecule has 0 radical (unpaired) electrons. The smallest absolute Gasteiger partial charge is 0.354 e. The predicted octanol–water partition coefficient (Wildman–Crippen LogP) is 2.63. The maximum Gasteiger partial charge on any atom is 0.354 e. The van der Waals surface area contributed by atoms with E-state index in [0.717, 1.165) is 6.42 Å². The first-order valence-electron chi connectivity index (χ1n) is 9.74. The fourth-order valence-electron chi connectivity index (χ4n) is 4.57. The van der Waals surface area contributed by atoms with Gasteiger partial charge in [-0.15, -0.1) is 4.36 Å². The second kappa shape index (κ2) is 6.48. The lowest BCUT2D eigenvalue weighted by molar-refractivity contribution is 0.206. The number of halogens is 2. The second-order valence-electron chi connectivity index (χ2n) is 8.12. The van der Waals surface area contributed by atoms with Gasteiger partial charge in [0.05, 0.1) is 12.7 Å². The highest BCUT2D eigenvalue weighted by Gasteiger charge is 2.45. The van der Waals surface area contributed by atoms with E-state index in [1.54, 1.807) is 6.07 Å². The molecule has 160 valence electrons. The monoisotopic (exact) mass is 437 g/mol. The number of rotatable bonds is 2. The van der Waals surface area contributed by atoms with Crippen LogP contribution in [0.3, 0.4) is 0 Å². The SMILES string of the molecule is C[C@@]1(S(N)(=O)=NC(=O)Nc2c3c(c(F)c4c2C[C@@H](F)C4)CCC3)Cn2nccc2O1. The van der Waals surface area contributed by atoms with Gasteiger partial charge in [0, 0.05) is 24.6 Å². The fraction of sp³-hybridized carbons (Fsp3) is 0.474. The van der Waals surface area contributed by atoms with Gasteiger partial charge in [-0.2, -0.15) is 5.10 Å². The van der Waals surface area contributed by atoms with Crippen molar-refractivity contribution >= 4 is 21.6 Å². The number of nitrogens with zero attached hydrogens (tertiary/aromatic N) is 3. The lowest BCUT2D eigenvalue weighted by Crippen LogP contribution is -2.45. The predicted molar refractivity (Wildman–Crippen MR) is 106 cm³/mol. The molecule has 3 N–H and O–H groups in total. The summed E-state index contributed by atoms with van der Waals surface area (Å²) in [6, 6.07) is 0.668. The number of hydrogen-bond donors (Lipinski definition) is 2. The number of ether oxygens (including phenoxy) is 1. The number of carbonyl (C=O) groups excluding carboxylic acids is 1.